The number of aromatic nitrogens is 2. The molecule has 2 heteroatoms. The molecule has 0 radical (unpaired) electrons. The first-order valence-corrected chi connectivity index (χ1v) is 10.6. The molecule has 0 aliphatic heterocycles. The third kappa shape index (κ3) is 2.49. The lowest BCUT2D eigenvalue weighted by molar-refractivity contribution is 0.828. The van der Waals surface area contributed by atoms with E-state index < -0.39 is 0 Å². The highest BCUT2D eigenvalue weighted by Gasteiger charge is 2.19. The maximum Gasteiger partial charge on any atom is 0.0785 e. The zero-order chi connectivity index (χ0) is 20.0. The van der Waals surface area contributed by atoms with Gasteiger partial charge in [-0.2, -0.15) is 0 Å². The van der Waals surface area contributed by atoms with Crippen LogP contribution in [0.2, 0.25) is 0 Å². The van der Waals surface area contributed by atoms with E-state index >= 15 is 0 Å². The molecule has 0 spiro atoms. The molecule has 2 nitrogen and oxygen atoms in total. The summed E-state index contributed by atoms with van der Waals surface area (Å²) >= 11 is 0. The normalized spacial score (nSPS) is 13.0. The van der Waals surface area contributed by atoms with Crippen molar-refractivity contribution in [3.63, 3.8) is 0 Å². The Morgan fingerprint density at radius 3 is 2.03 bits per heavy atom. The fourth-order valence-electron chi connectivity index (χ4n) is 4.80. The van der Waals surface area contributed by atoms with Gasteiger partial charge in [0.2, 0.25) is 0 Å². The number of fused-ring (bicyclic) bond motifs is 7. The predicted octanol–water partition coefficient (Wildman–Crippen LogP) is 7.75. The molecule has 5 aromatic rings. The zero-order valence-electron chi connectivity index (χ0n) is 17.3. The van der Waals surface area contributed by atoms with Crippen LogP contribution in [0.1, 0.15) is 27.2 Å². The van der Waals surface area contributed by atoms with Crippen molar-refractivity contribution in [1.82, 2.24) is 9.13 Å². The Kier molecular flexibility index (Phi) is 4.28. The van der Waals surface area contributed by atoms with Crippen molar-refractivity contribution >= 4 is 49.3 Å². The molecule has 0 saturated heterocycles. The summed E-state index contributed by atoms with van der Waals surface area (Å²) in [5.41, 5.74) is 6.44. The maximum atomic E-state index is 2.47. The lowest BCUT2D eigenvalue weighted by atomic mass is 10.1. The Morgan fingerprint density at radius 2 is 1.38 bits per heavy atom. The lowest BCUT2D eigenvalue weighted by Gasteiger charge is -2.12. The number of nitrogens with zero attached hydrogens (tertiary/aromatic N) is 2. The van der Waals surface area contributed by atoms with Gasteiger partial charge in [0.1, 0.15) is 0 Å². The van der Waals surface area contributed by atoms with Crippen LogP contribution in [0.4, 0.5) is 0 Å². The average Bonchev–Trinajstić information content (AvgIpc) is 3.26. The molecule has 2 aromatic heterocycles. The number of allylic oxidation sites excluding steroid dienone is 4. The van der Waals surface area contributed by atoms with Gasteiger partial charge in [0.05, 0.1) is 16.6 Å². The van der Waals surface area contributed by atoms with Crippen LogP contribution in [0.25, 0.3) is 49.3 Å². The van der Waals surface area contributed by atoms with Crippen LogP contribution >= 0.6 is 0 Å². The molecule has 5 rings (SSSR count). The highest BCUT2D eigenvalue weighted by Crippen LogP contribution is 2.40. The molecular formula is C27H26N2. The quantitative estimate of drug-likeness (QED) is 0.283. The summed E-state index contributed by atoms with van der Waals surface area (Å²) < 4.78 is 4.93. The summed E-state index contributed by atoms with van der Waals surface area (Å²) in [4.78, 5) is 0. The zero-order valence-corrected chi connectivity index (χ0v) is 17.3. The van der Waals surface area contributed by atoms with E-state index in [1.54, 1.807) is 0 Å². The van der Waals surface area contributed by atoms with E-state index in [-0.39, 0.29) is 0 Å². The van der Waals surface area contributed by atoms with Crippen LogP contribution in [0, 0.1) is 0 Å². The highest BCUT2D eigenvalue weighted by molar-refractivity contribution is 6.23. The van der Waals surface area contributed by atoms with Crippen LogP contribution in [0.5, 0.6) is 0 Å². The first-order chi connectivity index (χ1) is 14.3. The highest BCUT2D eigenvalue weighted by atomic mass is 15.0. The van der Waals surface area contributed by atoms with E-state index in [0.717, 1.165) is 13.0 Å². The van der Waals surface area contributed by atoms with Gasteiger partial charge in [0.25, 0.3) is 0 Å². The number of hydrogen-bond acceptors (Lipinski definition) is 0. The summed E-state index contributed by atoms with van der Waals surface area (Å²) in [7, 11) is 0. The minimum absolute atomic E-state index is 0.946. The largest absolute Gasteiger partial charge is 0.339 e. The first-order valence-electron chi connectivity index (χ1n) is 10.6. The molecule has 3 aromatic carbocycles. The predicted molar refractivity (Wildman–Crippen MR) is 127 cm³/mol. The molecule has 0 aliphatic carbocycles. The molecule has 2 heterocycles. The topological polar surface area (TPSA) is 9.86 Å². The molecule has 0 unspecified atom stereocenters. The van der Waals surface area contributed by atoms with Gasteiger partial charge in [0, 0.05) is 39.3 Å². The third-order valence-corrected chi connectivity index (χ3v) is 5.89. The SMILES string of the molecule is C/C=C\C(=C/CC)n1c2ccccc2c2ccc3c4ccccc4n(CC)c3c21. The smallest absolute Gasteiger partial charge is 0.0785 e. The Hall–Kier alpha value is -3.26. The third-order valence-electron chi connectivity index (χ3n) is 5.89. The van der Waals surface area contributed by atoms with Crippen LogP contribution in [0.15, 0.2) is 78.9 Å². The van der Waals surface area contributed by atoms with Crippen LogP contribution in [0.3, 0.4) is 0 Å². The number of hydrogen-bond donors (Lipinski definition) is 0. The molecule has 144 valence electrons. The second-order valence-electron chi connectivity index (χ2n) is 7.51. The lowest BCUT2D eigenvalue weighted by Crippen LogP contribution is -1.99. The molecule has 0 fully saturated rings. The van der Waals surface area contributed by atoms with Crippen molar-refractivity contribution < 1.29 is 0 Å². The molecule has 0 saturated carbocycles. The second kappa shape index (κ2) is 6.97. The number of benzene rings is 3. The van der Waals surface area contributed by atoms with E-state index in [4.69, 9.17) is 0 Å². The summed E-state index contributed by atoms with van der Waals surface area (Å²) in [6.45, 7) is 7.49. The molecule has 29 heavy (non-hydrogen) atoms. The second-order valence-corrected chi connectivity index (χ2v) is 7.51. The van der Waals surface area contributed by atoms with Gasteiger partial charge in [-0.15, -0.1) is 0 Å². The van der Waals surface area contributed by atoms with Crippen molar-refractivity contribution in [3.05, 3.63) is 78.9 Å². The van der Waals surface area contributed by atoms with Crippen LogP contribution in [-0.2, 0) is 6.54 Å². The Labute approximate surface area is 171 Å². The number of para-hydroxylation sites is 2. The van der Waals surface area contributed by atoms with Gasteiger partial charge in [-0.25, -0.2) is 0 Å². The Bertz CT molecular complexity index is 1420. The Balaban J connectivity index is 2.10. The standard InChI is InChI=1S/C27H26N2/c1-4-11-19(12-5-2)29-25-16-10-8-14-21(25)23-18-17-22-20-13-7-9-15-24(20)28(6-3)26(22)27(23)29/h4,7-18H,5-6H2,1-3H3/b11-4-,19-12+. The van der Waals surface area contributed by atoms with Gasteiger partial charge in [-0.05, 0) is 38.5 Å². The van der Waals surface area contributed by atoms with Gasteiger partial charge in [0.15, 0.2) is 0 Å². The van der Waals surface area contributed by atoms with Crippen molar-refractivity contribution in [1.29, 1.82) is 0 Å². The molecule has 0 aliphatic rings. The fourth-order valence-corrected chi connectivity index (χ4v) is 4.80. The summed E-state index contributed by atoms with van der Waals surface area (Å²) in [5, 5.41) is 5.28. The summed E-state index contributed by atoms with van der Waals surface area (Å²) in [6, 6.07) is 22.2. The van der Waals surface area contributed by atoms with E-state index in [2.05, 4.69) is 109 Å². The van der Waals surface area contributed by atoms with E-state index in [1.807, 2.05) is 0 Å². The molecule has 0 N–H and O–H groups in total. The van der Waals surface area contributed by atoms with Gasteiger partial charge < -0.3 is 9.13 Å². The summed E-state index contributed by atoms with van der Waals surface area (Å²) in [6.07, 6.45) is 7.69. The van der Waals surface area contributed by atoms with Gasteiger partial charge in [-0.3, -0.25) is 0 Å². The first kappa shape index (κ1) is 17.8. The Morgan fingerprint density at radius 1 is 0.759 bits per heavy atom. The average molecular weight is 379 g/mol. The summed E-state index contributed by atoms with van der Waals surface area (Å²) in [5.74, 6) is 0. The monoisotopic (exact) mass is 378 g/mol. The van der Waals surface area contributed by atoms with Crippen molar-refractivity contribution in [2.24, 2.45) is 0 Å². The maximum absolute atomic E-state index is 2.47. The van der Waals surface area contributed by atoms with Crippen LogP contribution in [-0.4, -0.2) is 9.13 Å². The molecule has 0 amide bonds. The van der Waals surface area contributed by atoms with E-state index in [9.17, 15) is 0 Å². The van der Waals surface area contributed by atoms with E-state index in [0.29, 0.717) is 0 Å². The minimum Gasteiger partial charge on any atom is -0.339 e. The van der Waals surface area contributed by atoms with Gasteiger partial charge in [-0.1, -0.05) is 67.6 Å². The molecular weight excluding hydrogens is 352 g/mol. The van der Waals surface area contributed by atoms with Gasteiger partial charge >= 0.3 is 0 Å². The van der Waals surface area contributed by atoms with E-state index in [1.165, 1.54) is 49.3 Å². The van der Waals surface area contributed by atoms with Crippen LogP contribution < -0.4 is 0 Å². The van der Waals surface area contributed by atoms with Crippen molar-refractivity contribution in [2.45, 2.75) is 33.7 Å². The number of rotatable bonds is 4. The fraction of sp³-hybridized carbons (Fsp3) is 0.185. The van der Waals surface area contributed by atoms with Crippen molar-refractivity contribution in [3.8, 4) is 0 Å². The minimum atomic E-state index is 0.946. The molecule has 0 bridgehead atoms. The molecule has 0 atom stereocenters. The van der Waals surface area contributed by atoms with Crippen molar-refractivity contribution in [2.75, 3.05) is 0 Å². The number of aryl methyl sites for hydroxylation is 1.